The molecule has 0 heterocycles. The molecule has 1 rings (SSSR count). The van der Waals surface area contributed by atoms with Crippen molar-refractivity contribution in [2.45, 2.75) is 26.4 Å². The minimum Gasteiger partial charge on any atom is -0.490 e. The fraction of sp³-hybridized carbons (Fsp3) is 0.385. The number of hydrogen-bond acceptors (Lipinski definition) is 4. The van der Waals surface area contributed by atoms with E-state index in [1.807, 2.05) is 0 Å². The summed E-state index contributed by atoms with van der Waals surface area (Å²) in [6, 6.07) is 4.20. The van der Waals surface area contributed by atoms with Crippen molar-refractivity contribution in [3.8, 4) is 11.5 Å². The molecular formula is C13H17NO5. The number of hydrogen-bond donors (Lipinski definition) is 2. The van der Waals surface area contributed by atoms with Gasteiger partial charge in [0.05, 0.1) is 12.2 Å². The summed E-state index contributed by atoms with van der Waals surface area (Å²) in [5, 5.41) is 8.91. The number of amides is 1. The molecule has 0 fully saturated rings. The maximum Gasteiger partial charge on any atom is 0.335 e. The molecule has 0 aliphatic heterocycles. The van der Waals surface area contributed by atoms with Crippen LogP contribution in [0.25, 0.3) is 0 Å². The molecule has 0 saturated heterocycles. The quantitative estimate of drug-likeness (QED) is 0.778. The number of rotatable bonds is 7. The monoisotopic (exact) mass is 267 g/mol. The Morgan fingerprint density at radius 3 is 2.47 bits per heavy atom. The number of benzene rings is 1. The van der Waals surface area contributed by atoms with Gasteiger partial charge >= 0.3 is 5.97 Å². The molecule has 0 aliphatic carbocycles. The first-order valence-corrected chi connectivity index (χ1v) is 5.95. The highest BCUT2D eigenvalue weighted by Crippen LogP contribution is 2.29. The van der Waals surface area contributed by atoms with Crippen molar-refractivity contribution in [3.63, 3.8) is 0 Å². The van der Waals surface area contributed by atoms with Crippen LogP contribution in [0.15, 0.2) is 18.2 Å². The average molecular weight is 267 g/mol. The highest BCUT2D eigenvalue weighted by Gasteiger charge is 2.18. The van der Waals surface area contributed by atoms with Gasteiger partial charge in [0, 0.05) is 0 Å². The summed E-state index contributed by atoms with van der Waals surface area (Å²) < 4.78 is 10.8. The number of aromatic carboxylic acids is 1. The first-order valence-electron chi connectivity index (χ1n) is 5.95. The van der Waals surface area contributed by atoms with E-state index in [2.05, 4.69) is 0 Å². The number of carboxylic acid groups (broad SMARTS) is 1. The predicted molar refractivity (Wildman–Crippen MR) is 68.5 cm³/mol. The Balaban J connectivity index is 3.05. The molecule has 6 nitrogen and oxygen atoms in total. The van der Waals surface area contributed by atoms with Crippen molar-refractivity contribution in [1.29, 1.82) is 0 Å². The summed E-state index contributed by atoms with van der Waals surface area (Å²) in [5.74, 6) is -1.05. The Hall–Kier alpha value is -2.24. The lowest BCUT2D eigenvalue weighted by atomic mass is 10.2. The molecule has 0 spiro atoms. The SMILES string of the molecule is CCOc1cc(C(=O)O)ccc1OC(CC)C(N)=O. The van der Waals surface area contributed by atoms with E-state index in [0.29, 0.717) is 18.8 Å². The number of ether oxygens (including phenoxy) is 2. The number of nitrogens with two attached hydrogens (primary N) is 1. The van der Waals surface area contributed by atoms with Crippen LogP contribution in [0.5, 0.6) is 11.5 Å². The minimum absolute atomic E-state index is 0.0860. The first kappa shape index (κ1) is 14.8. The van der Waals surface area contributed by atoms with Gasteiger partial charge in [0.1, 0.15) is 0 Å². The lowest BCUT2D eigenvalue weighted by Gasteiger charge is -2.17. The second kappa shape index (κ2) is 6.63. The molecule has 104 valence electrons. The first-order chi connectivity index (χ1) is 8.99. The fourth-order valence-electron chi connectivity index (χ4n) is 1.50. The average Bonchev–Trinajstić information content (AvgIpc) is 2.36. The highest BCUT2D eigenvalue weighted by molar-refractivity contribution is 5.88. The zero-order valence-electron chi connectivity index (χ0n) is 10.9. The molecule has 19 heavy (non-hydrogen) atoms. The van der Waals surface area contributed by atoms with Gasteiger partial charge in [-0.25, -0.2) is 4.79 Å². The molecule has 0 aliphatic rings. The Morgan fingerprint density at radius 1 is 1.32 bits per heavy atom. The van der Waals surface area contributed by atoms with Gasteiger partial charge in [-0.15, -0.1) is 0 Å². The molecule has 1 amide bonds. The molecular weight excluding hydrogens is 250 g/mol. The Bertz CT molecular complexity index is 472. The second-order valence-corrected chi connectivity index (χ2v) is 3.82. The molecule has 1 atom stereocenters. The molecule has 1 unspecified atom stereocenters. The third-order valence-electron chi connectivity index (χ3n) is 2.45. The van der Waals surface area contributed by atoms with Crippen molar-refractivity contribution in [3.05, 3.63) is 23.8 Å². The topological polar surface area (TPSA) is 98.8 Å². The van der Waals surface area contributed by atoms with E-state index in [1.54, 1.807) is 13.8 Å². The third-order valence-corrected chi connectivity index (χ3v) is 2.45. The van der Waals surface area contributed by atoms with Crippen LogP contribution in [0.3, 0.4) is 0 Å². The van der Waals surface area contributed by atoms with E-state index in [1.165, 1.54) is 18.2 Å². The van der Waals surface area contributed by atoms with Gasteiger partial charge in [0.25, 0.3) is 5.91 Å². The zero-order chi connectivity index (χ0) is 14.4. The molecule has 1 aromatic carbocycles. The van der Waals surface area contributed by atoms with Crippen LogP contribution < -0.4 is 15.2 Å². The normalized spacial score (nSPS) is 11.7. The van der Waals surface area contributed by atoms with Gasteiger partial charge in [0.15, 0.2) is 17.6 Å². The van der Waals surface area contributed by atoms with Gasteiger partial charge in [-0.3, -0.25) is 4.79 Å². The Morgan fingerprint density at radius 2 is 2.00 bits per heavy atom. The van der Waals surface area contributed by atoms with Crippen molar-refractivity contribution in [2.75, 3.05) is 6.61 Å². The van der Waals surface area contributed by atoms with Gasteiger partial charge in [-0.2, -0.15) is 0 Å². The summed E-state index contributed by atoms with van der Waals surface area (Å²) in [5.41, 5.74) is 5.28. The smallest absolute Gasteiger partial charge is 0.335 e. The number of carboxylic acids is 1. The van der Waals surface area contributed by atoms with E-state index in [0.717, 1.165) is 0 Å². The summed E-state index contributed by atoms with van der Waals surface area (Å²) in [4.78, 5) is 22.0. The summed E-state index contributed by atoms with van der Waals surface area (Å²) >= 11 is 0. The second-order valence-electron chi connectivity index (χ2n) is 3.82. The van der Waals surface area contributed by atoms with Crippen LogP contribution in [-0.4, -0.2) is 29.7 Å². The maximum atomic E-state index is 11.1. The van der Waals surface area contributed by atoms with E-state index in [-0.39, 0.29) is 11.3 Å². The largest absolute Gasteiger partial charge is 0.490 e. The van der Waals surface area contributed by atoms with Gasteiger partial charge in [0.2, 0.25) is 0 Å². The summed E-state index contributed by atoms with van der Waals surface area (Å²) in [7, 11) is 0. The lowest BCUT2D eigenvalue weighted by molar-refractivity contribution is -0.124. The maximum absolute atomic E-state index is 11.1. The number of carbonyl (C=O) groups is 2. The molecule has 0 saturated carbocycles. The van der Waals surface area contributed by atoms with Crippen LogP contribution in [0.1, 0.15) is 30.6 Å². The zero-order valence-corrected chi connectivity index (χ0v) is 10.9. The minimum atomic E-state index is -1.06. The molecule has 3 N–H and O–H groups in total. The van der Waals surface area contributed by atoms with Crippen molar-refractivity contribution in [2.24, 2.45) is 5.73 Å². The van der Waals surface area contributed by atoms with E-state index in [9.17, 15) is 9.59 Å². The molecule has 0 bridgehead atoms. The van der Waals surface area contributed by atoms with Crippen molar-refractivity contribution >= 4 is 11.9 Å². The molecule has 0 radical (unpaired) electrons. The van der Waals surface area contributed by atoms with Gasteiger partial charge in [-0.05, 0) is 31.5 Å². The van der Waals surface area contributed by atoms with Gasteiger partial charge < -0.3 is 20.3 Å². The van der Waals surface area contributed by atoms with Crippen molar-refractivity contribution < 1.29 is 24.2 Å². The van der Waals surface area contributed by atoms with Gasteiger partial charge in [-0.1, -0.05) is 6.92 Å². The Kier molecular flexibility index (Phi) is 5.17. The highest BCUT2D eigenvalue weighted by atomic mass is 16.5. The lowest BCUT2D eigenvalue weighted by Crippen LogP contribution is -2.33. The van der Waals surface area contributed by atoms with Crippen LogP contribution in [0.4, 0.5) is 0 Å². The van der Waals surface area contributed by atoms with Crippen LogP contribution in [0, 0.1) is 0 Å². The third kappa shape index (κ3) is 3.87. The van der Waals surface area contributed by atoms with E-state index < -0.39 is 18.0 Å². The molecule has 6 heteroatoms. The van der Waals surface area contributed by atoms with Crippen LogP contribution in [-0.2, 0) is 4.79 Å². The fourth-order valence-corrected chi connectivity index (χ4v) is 1.50. The number of carbonyl (C=O) groups excluding carboxylic acids is 1. The standard InChI is InChI=1S/C13H17NO5/c1-3-9(12(14)15)19-10-6-5-8(13(16)17)7-11(10)18-4-2/h5-7,9H,3-4H2,1-2H3,(H2,14,15)(H,16,17). The number of primary amides is 1. The summed E-state index contributed by atoms with van der Waals surface area (Å²) in [6.45, 7) is 3.89. The summed E-state index contributed by atoms with van der Waals surface area (Å²) in [6.07, 6.45) is -0.350. The van der Waals surface area contributed by atoms with Crippen LogP contribution >= 0.6 is 0 Å². The van der Waals surface area contributed by atoms with E-state index >= 15 is 0 Å². The van der Waals surface area contributed by atoms with E-state index in [4.69, 9.17) is 20.3 Å². The molecule has 1 aromatic rings. The predicted octanol–water partition coefficient (Wildman–Crippen LogP) is 1.43. The van der Waals surface area contributed by atoms with Crippen molar-refractivity contribution in [1.82, 2.24) is 0 Å². The Labute approximate surface area is 111 Å². The molecule has 0 aromatic heterocycles. The van der Waals surface area contributed by atoms with Crippen LogP contribution in [0.2, 0.25) is 0 Å².